The van der Waals surface area contributed by atoms with Gasteiger partial charge in [0.15, 0.2) is 5.78 Å². The first-order chi connectivity index (χ1) is 33.9. The summed E-state index contributed by atoms with van der Waals surface area (Å²) in [4.78, 5) is 16.4. The molecule has 1 nitrogen and oxygen atoms in total. The van der Waals surface area contributed by atoms with E-state index in [0.29, 0.717) is 0 Å². The Morgan fingerprint density at radius 2 is 0.382 bits per heavy atom. The summed E-state index contributed by atoms with van der Waals surface area (Å²) in [6.07, 6.45) is 6.10. The van der Waals surface area contributed by atoms with Crippen molar-refractivity contribution in [3.05, 3.63) is 40.7 Å². The molecule has 30 aromatic carbocycles. The van der Waals surface area contributed by atoms with Crippen molar-refractivity contribution >= 4 is 318 Å². The molecule has 0 atom stereocenters. The fourth-order valence-corrected chi connectivity index (χ4v) is 23.7. The summed E-state index contributed by atoms with van der Waals surface area (Å²) >= 11 is 0. The van der Waals surface area contributed by atoms with Gasteiger partial charge in [-0.15, -0.1) is 5.73 Å². The maximum Gasteiger partial charge on any atom is 0.182 e. The number of ketones is 1. The molecule has 30 aromatic rings. The van der Waals surface area contributed by atoms with Gasteiger partial charge in [-0.25, -0.2) is 0 Å². The van der Waals surface area contributed by atoms with Gasteiger partial charge in [-0.1, -0.05) is 6.08 Å². The molecule has 0 N–H and O–H groups in total. The highest BCUT2D eigenvalue weighted by atomic mass is 16.1. The Kier molecular flexibility index (Phi) is 2.02. The quantitative estimate of drug-likeness (QED) is 0.125. The highest BCUT2D eigenvalue weighted by Gasteiger charge is 2.53. The van der Waals surface area contributed by atoms with Crippen LogP contribution in [0.25, 0.3) is 312 Å². The van der Waals surface area contributed by atoms with Crippen molar-refractivity contribution in [2.45, 2.75) is 5.92 Å². The summed E-state index contributed by atoms with van der Waals surface area (Å²) in [5, 5.41) is 90.8. The Morgan fingerprint density at radius 3 is 0.529 bits per heavy atom. The topological polar surface area (TPSA) is 17.1 Å². The molecule has 0 spiro atoms. The van der Waals surface area contributed by atoms with Gasteiger partial charge in [-0.3, -0.25) is 4.79 Å². The van der Waals surface area contributed by atoms with Gasteiger partial charge in [0.25, 0.3) is 0 Å². The summed E-state index contributed by atoms with van der Waals surface area (Å²) in [5.74, 6) is -0.163. The molecule has 0 saturated heterocycles. The van der Waals surface area contributed by atoms with E-state index in [4.69, 9.17) is 0 Å². The Balaban J connectivity index is 1.23. The van der Waals surface area contributed by atoms with Crippen LogP contribution in [0.4, 0.5) is 0 Å². The molecule has 32 rings (SSSR count). The minimum atomic E-state index is -0.408. The van der Waals surface area contributed by atoms with Gasteiger partial charge >= 0.3 is 0 Å². The predicted octanol–water partition coefficient (Wildman–Crippen LogP) is 18.4. The molecule has 0 aliphatic heterocycles. The average molecular weight is 825 g/mol. The predicted molar refractivity (Wildman–Crippen MR) is 288 cm³/mol. The average Bonchev–Trinajstić information content (AvgIpc) is 4.22. The second-order valence-corrected chi connectivity index (χ2v) is 24.5. The largest absolute Gasteiger partial charge is 0.292 e. The molecule has 0 radical (unpaired) electrons. The molecular weight excluding hydrogens is 821 g/mol. The van der Waals surface area contributed by atoms with Crippen LogP contribution in [0.1, 0.15) is 17.0 Å². The third kappa shape index (κ3) is 1.31. The van der Waals surface area contributed by atoms with E-state index in [1.54, 1.807) is 253 Å². The molecule has 0 aromatic heterocycles. The molecule has 278 valence electrons. The minimum Gasteiger partial charge on any atom is -0.292 e. The zero-order chi connectivity index (χ0) is 40.2. The fourth-order valence-electron chi connectivity index (χ4n) is 23.7. The van der Waals surface area contributed by atoms with Gasteiger partial charge < -0.3 is 0 Å². The highest BCUT2D eigenvalue weighted by Crippen LogP contribution is 2.80. The maximum atomic E-state index is 16.4. The van der Waals surface area contributed by atoms with Crippen LogP contribution in [-0.4, -0.2) is 5.78 Å². The molecule has 0 saturated carbocycles. The zero-order valence-corrected chi connectivity index (χ0v) is 34.2. The Hall–Kier alpha value is -8.87. The van der Waals surface area contributed by atoms with Crippen LogP contribution in [-0.2, 0) is 4.79 Å². The maximum absolute atomic E-state index is 16.4. The smallest absolute Gasteiger partial charge is 0.182 e. The van der Waals surface area contributed by atoms with Crippen LogP contribution in [0.15, 0.2) is 29.5 Å². The number of allylic oxidation sites excluding steroid dienone is 3. The van der Waals surface area contributed by atoms with Crippen molar-refractivity contribution in [2.24, 2.45) is 0 Å². The Bertz CT molecular complexity index is 7150. The summed E-state index contributed by atoms with van der Waals surface area (Å²) < 4.78 is 0. The van der Waals surface area contributed by atoms with Crippen molar-refractivity contribution in [1.29, 1.82) is 0 Å². The molecular formula is C67H4O. The van der Waals surface area contributed by atoms with E-state index >= 15 is 4.79 Å². The van der Waals surface area contributed by atoms with Crippen LogP contribution in [0, 0.1) is 0 Å². The molecule has 0 fully saturated rings. The lowest BCUT2D eigenvalue weighted by Gasteiger charge is -2.29. The van der Waals surface area contributed by atoms with Crippen molar-refractivity contribution in [3.63, 3.8) is 0 Å². The van der Waals surface area contributed by atoms with E-state index in [-0.39, 0.29) is 5.78 Å². The molecule has 0 bridgehead atoms. The number of hydrogen-bond donors (Lipinski definition) is 0. The number of carbonyl (C=O) groups excluding carboxylic acids is 1. The summed E-state index contributed by atoms with van der Waals surface area (Å²) in [5.41, 5.74) is 6.97. The molecule has 0 heterocycles. The van der Waals surface area contributed by atoms with Crippen LogP contribution < -0.4 is 0 Å². The lowest BCUT2D eigenvalue weighted by Crippen LogP contribution is -2.18. The number of hydrogen-bond acceptors (Lipinski definition) is 1. The van der Waals surface area contributed by atoms with E-state index in [0.717, 1.165) is 5.57 Å². The molecule has 0 amide bonds. The van der Waals surface area contributed by atoms with Crippen molar-refractivity contribution in [1.82, 2.24) is 0 Å². The number of Topliss-reactive ketones (excluding diaryl/α,β-unsaturated/α-hetero) is 1. The Labute approximate surface area is 367 Å². The first-order valence-electron chi connectivity index (χ1n) is 25.1. The van der Waals surface area contributed by atoms with Gasteiger partial charge in [0.05, 0.1) is 11.5 Å². The van der Waals surface area contributed by atoms with Crippen LogP contribution in [0.3, 0.4) is 0 Å². The molecule has 1 heteroatoms. The van der Waals surface area contributed by atoms with Gasteiger partial charge in [0.2, 0.25) is 0 Å². The standard InChI is InChI=1S/C67H4O/c68-67(5-3-1-2-4-5)66-64-60-53-46-34-26-17-8-6-7-9-12(8)21-28(26)36-37-29(21)27-18(9)20-16-11(7)14-13-10(6)15-19(17)32(34)40-38-24(15)22(13)30-31-23(14)25(16)39-41-33(20)35(27)47-49(37)58(57(60)48(36)46)61-54(47)52(41)56-45(39)43(31)50-42(30)44(38)55(51(40)53)62(64)59(50)63(56)65(61)66/h1-3,66H. The molecule has 2 aliphatic rings. The number of rotatable bonds is 2. The van der Waals surface area contributed by atoms with Crippen molar-refractivity contribution in [2.75, 3.05) is 0 Å². The lowest BCUT2D eigenvalue weighted by molar-refractivity contribution is -0.115. The minimum absolute atomic E-state index is 0.245. The first kappa shape index (κ1) is 24.6. The van der Waals surface area contributed by atoms with Crippen LogP contribution >= 0.6 is 0 Å². The number of fused-ring (bicyclic) bond motifs is 5. The van der Waals surface area contributed by atoms with E-state index in [1.165, 1.54) is 70.4 Å². The number of benzene rings is 19. The highest BCUT2D eigenvalue weighted by molar-refractivity contribution is 6.84. The molecule has 0 unspecified atom stereocenters. The van der Waals surface area contributed by atoms with Gasteiger partial charge in [0.1, 0.15) is 0 Å². The van der Waals surface area contributed by atoms with Crippen LogP contribution in [0.2, 0.25) is 0 Å². The summed E-state index contributed by atoms with van der Waals surface area (Å²) in [6.45, 7) is 0. The number of carbonyl (C=O) groups is 1. The first-order valence-corrected chi connectivity index (χ1v) is 25.1. The Morgan fingerprint density at radius 1 is 0.235 bits per heavy atom. The van der Waals surface area contributed by atoms with Gasteiger partial charge in [0, 0.05) is 0 Å². The van der Waals surface area contributed by atoms with Crippen molar-refractivity contribution < 1.29 is 4.79 Å². The van der Waals surface area contributed by atoms with Gasteiger partial charge in [-0.05, 0) is 336 Å². The molecule has 68 heavy (non-hydrogen) atoms. The summed E-state index contributed by atoms with van der Waals surface area (Å²) in [6, 6.07) is 0. The summed E-state index contributed by atoms with van der Waals surface area (Å²) in [7, 11) is 0. The SMILES string of the molecule is O=C(C1=C=CC=C1)C1c2c3c4c5c1c1c6c7c2c2c8c3c3c9c4c4c%10c5c5c1c1c6c6c%11c7c2c2c7c8c3c3c8c9c4c4c9c%10c5c5c1c1c6c6c%11c2c2c7c3c3c8c4c4c9c5c1c1c6c2c3c41. The third-order valence-electron chi connectivity index (χ3n) is 24.0. The fraction of sp³-hybridized carbons (Fsp3) is 0.0149. The van der Waals surface area contributed by atoms with Crippen molar-refractivity contribution in [3.8, 4) is 0 Å². The van der Waals surface area contributed by atoms with E-state index in [1.807, 2.05) is 12.2 Å². The van der Waals surface area contributed by atoms with Gasteiger partial charge in [-0.2, -0.15) is 0 Å². The van der Waals surface area contributed by atoms with E-state index in [2.05, 4.69) is 11.8 Å². The van der Waals surface area contributed by atoms with E-state index in [9.17, 15) is 0 Å². The third-order valence-corrected chi connectivity index (χ3v) is 24.0. The van der Waals surface area contributed by atoms with Crippen LogP contribution in [0.5, 0.6) is 0 Å². The zero-order valence-electron chi connectivity index (χ0n) is 34.2. The monoisotopic (exact) mass is 824 g/mol. The van der Waals surface area contributed by atoms with E-state index < -0.39 is 5.92 Å². The second kappa shape index (κ2) is 5.60. The lowest BCUT2D eigenvalue weighted by atomic mass is 9.71. The second-order valence-electron chi connectivity index (χ2n) is 24.5. The molecule has 2 aliphatic carbocycles. The normalized spacial score (nSPS) is 18.3.